The highest BCUT2D eigenvalue weighted by molar-refractivity contribution is 5.70. The van der Waals surface area contributed by atoms with Crippen LogP contribution in [0.1, 0.15) is 219 Å². The maximum Gasteiger partial charge on any atom is 0.306 e. The average molecular weight is 697 g/mol. The molecule has 1 saturated heterocycles. The molecule has 7 nitrogen and oxygen atoms in total. The zero-order valence-electron chi connectivity index (χ0n) is 32.3. The Labute approximate surface area is 302 Å². The molecule has 0 aromatic rings. The van der Waals surface area contributed by atoms with Crippen LogP contribution in [0.5, 0.6) is 0 Å². The second kappa shape index (κ2) is 33.9. The van der Waals surface area contributed by atoms with Crippen LogP contribution in [0.25, 0.3) is 0 Å². The van der Waals surface area contributed by atoms with Gasteiger partial charge >= 0.3 is 11.9 Å². The van der Waals surface area contributed by atoms with E-state index in [0.29, 0.717) is 0 Å². The zero-order chi connectivity index (χ0) is 35.6. The van der Waals surface area contributed by atoms with Crippen molar-refractivity contribution in [3.63, 3.8) is 0 Å². The first-order chi connectivity index (χ1) is 24.0. The maximum atomic E-state index is 12.6. The number of unbranched alkanes of at least 4 members (excludes halogenated alkanes) is 28. The highest BCUT2D eigenvalue weighted by atomic mass is 16.6. The van der Waals surface area contributed by atoms with Crippen molar-refractivity contribution < 1.29 is 34.0 Å². The number of ether oxygens (including phenoxy) is 3. The van der Waals surface area contributed by atoms with Crippen molar-refractivity contribution in [2.45, 2.75) is 244 Å². The van der Waals surface area contributed by atoms with Gasteiger partial charge in [-0.1, -0.05) is 194 Å². The monoisotopic (exact) mass is 697 g/mol. The van der Waals surface area contributed by atoms with Gasteiger partial charge in [-0.25, -0.2) is 0 Å². The Balaban J connectivity index is 2.08. The van der Waals surface area contributed by atoms with Crippen LogP contribution in [0.4, 0.5) is 0 Å². The van der Waals surface area contributed by atoms with E-state index in [0.717, 1.165) is 38.5 Å². The van der Waals surface area contributed by atoms with Crippen LogP contribution in [-0.2, 0) is 23.8 Å². The van der Waals surface area contributed by atoms with Crippen LogP contribution in [0.15, 0.2) is 0 Å². The van der Waals surface area contributed by atoms with Crippen molar-refractivity contribution >= 4 is 11.9 Å². The van der Waals surface area contributed by atoms with Crippen molar-refractivity contribution in [2.24, 2.45) is 0 Å². The van der Waals surface area contributed by atoms with Gasteiger partial charge in [0.05, 0.1) is 13.2 Å². The lowest BCUT2D eigenvalue weighted by molar-refractivity contribution is -0.171. The SMILES string of the molecule is CCCCCCCCCCCCCCCCCC(=O)O[C@H]1[C@@H]([C@@H](CO)OC(=O)CCCCCCCCCCCCCCCCC)OC[C@@H]1O. The van der Waals surface area contributed by atoms with Gasteiger partial charge in [-0.2, -0.15) is 0 Å². The number of aliphatic hydroxyl groups is 2. The molecular weight excluding hydrogens is 616 g/mol. The van der Waals surface area contributed by atoms with Gasteiger partial charge in [0.25, 0.3) is 0 Å². The predicted octanol–water partition coefficient (Wildman–Crippen LogP) is 11.1. The van der Waals surface area contributed by atoms with E-state index in [2.05, 4.69) is 13.8 Å². The van der Waals surface area contributed by atoms with Crippen LogP contribution in [-0.4, -0.2) is 59.8 Å². The summed E-state index contributed by atoms with van der Waals surface area (Å²) in [4.78, 5) is 25.1. The summed E-state index contributed by atoms with van der Waals surface area (Å²) in [6.45, 7) is 4.06. The van der Waals surface area contributed by atoms with Gasteiger partial charge in [0.2, 0.25) is 0 Å². The van der Waals surface area contributed by atoms with Crippen molar-refractivity contribution in [1.82, 2.24) is 0 Å². The first-order valence-corrected chi connectivity index (χ1v) is 21.3. The summed E-state index contributed by atoms with van der Waals surface area (Å²) in [6.07, 6.45) is 34.7. The van der Waals surface area contributed by atoms with E-state index in [1.807, 2.05) is 0 Å². The minimum Gasteiger partial charge on any atom is -0.457 e. The fourth-order valence-corrected chi connectivity index (χ4v) is 7.01. The number of hydrogen-bond donors (Lipinski definition) is 2. The van der Waals surface area contributed by atoms with Crippen LogP contribution >= 0.6 is 0 Å². The molecule has 1 heterocycles. The summed E-state index contributed by atoms with van der Waals surface area (Å²) in [7, 11) is 0. The number of esters is 2. The molecule has 0 aliphatic carbocycles. The lowest BCUT2D eigenvalue weighted by Crippen LogP contribution is -2.45. The molecule has 0 spiro atoms. The Kier molecular flexibility index (Phi) is 31.7. The van der Waals surface area contributed by atoms with E-state index in [-0.39, 0.29) is 31.4 Å². The summed E-state index contributed by atoms with van der Waals surface area (Å²) >= 11 is 0. The summed E-state index contributed by atoms with van der Waals surface area (Å²) in [5.41, 5.74) is 0. The van der Waals surface area contributed by atoms with E-state index >= 15 is 0 Å². The van der Waals surface area contributed by atoms with Crippen LogP contribution < -0.4 is 0 Å². The number of rotatable bonds is 36. The minimum absolute atomic E-state index is 0.0192. The quantitative estimate of drug-likeness (QED) is 0.0496. The molecule has 7 heteroatoms. The minimum atomic E-state index is -1.00. The Morgan fingerprint density at radius 2 is 0.878 bits per heavy atom. The topological polar surface area (TPSA) is 102 Å². The number of carbonyl (C=O) groups is 2. The Hall–Kier alpha value is -1.18. The van der Waals surface area contributed by atoms with Crippen LogP contribution in [0.3, 0.4) is 0 Å². The van der Waals surface area contributed by atoms with Gasteiger partial charge in [-0.15, -0.1) is 0 Å². The molecule has 0 saturated carbocycles. The summed E-state index contributed by atoms with van der Waals surface area (Å²) in [6, 6.07) is 0. The maximum absolute atomic E-state index is 12.6. The molecule has 1 aliphatic heterocycles. The molecule has 0 aromatic heterocycles. The molecule has 1 aliphatic rings. The number of carbonyl (C=O) groups excluding carboxylic acids is 2. The summed E-state index contributed by atoms with van der Waals surface area (Å²) in [5.74, 6) is -0.767. The van der Waals surface area contributed by atoms with Crippen LogP contribution in [0.2, 0.25) is 0 Å². The van der Waals surface area contributed by atoms with Crippen molar-refractivity contribution in [3.8, 4) is 0 Å². The first kappa shape index (κ1) is 45.8. The van der Waals surface area contributed by atoms with Crippen molar-refractivity contribution in [1.29, 1.82) is 0 Å². The third kappa shape index (κ3) is 26.3. The van der Waals surface area contributed by atoms with Gasteiger partial charge in [0.1, 0.15) is 12.2 Å². The van der Waals surface area contributed by atoms with E-state index in [1.165, 1.54) is 154 Å². The molecule has 0 unspecified atom stereocenters. The third-order valence-electron chi connectivity index (χ3n) is 10.2. The molecule has 49 heavy (non-hydrogen) atoms. The van der Waals surface area contributed by atoms with E-state index in [4.69, 9.17) is 14.2 Å². The summed E-state index contributed by atoms with van der Waals surface area (Å²) in [5, 5.41) is 20.4. The molecule has 4 atom stereocenters. The van der Waals surface area contributed by atoms with Gasteiger partial charge in [-0.3, -0.25) is 9.59 Å². The highest BCUT2D eigenvalue weighted by Crippen LogP contribution is 2.24. The highest BCUT2D eigenvalue weighted by Gasteiger charge is 2.45. The number of hydrogen-bond acceptors (Lipinski definition) is 7. The third-order valence-corrected chi connectivity index (χ3v) is 10.2. The zero-order valence-corrected chi connectivity index (χ0v) is 32.3. The van der Waals surface area contributed by atoms with E-state index in [1.54, 1.807) is 0 Å². The fourth-order valence-electron chi connectivity index (χ4n) is 7.01. The normalized spacial score (nSPS) is 18.2. The Morgan fingerprint density at radius 3 is 1.22 bits per heavy atom. The summed E-state index contributed by atoms with van der Waals surface area (Å²) < 4.78 is 16.8. The van der Waals surface area contributed by atoms with Gasteiger partial charge < -0.3 is 24.4 Å². The lowest BCUT2D eigenvalue weighted by atomic mass is 10.0. The second-order valence-corrected chi connectivity index (χ2v) is 14.9. The largest absolute Gasteiger partial charge is 0.457 e. The molecular formula is C42H80O7. The molecule has 2 N–H and O–H groups in total. The first-order valence-electron chi connectivity index (χ1n) is 21.3. The molecule has 1 rings (SSSR count). The van der Waals surface area contributed by atoms with Crippen molar-refractivity contribution in [3.05, 3.63) is 0 Å². The van der Waals surface area contributed by atoms with Crippen molar-refractivity contribution in [2.75, 3.05) is 13.2 Å². The van der Waals surface area contributed by atoms with E-state index < -0.39 is 31.0 Å². The van der Waals surface area contributed by atoms with Gasteiger partial charge in [0, 0.05) is 12.8 Å². The molecule has 0 bridgehead atoms. The predicted molar refractivity (Wildman–Crippen MR) is 202 cm³/mol. The fraction of sp³-hybridized carbons (Fsp3) is 0.952. The Morgan fingerprint density at radius 1 is 0.551 bits per heavy atom. The molecule has 0 amide bonds. The van der Waals surface area contributed by atoms with E-state index in [9.17, 15) is 19.8 Å². The molecule has 290 valence electrons. The number of aliphatic hydroxyl groups excluding tert-OH is 2. The standard InChI is InChI=1S/C42H80O7/c1-3-5-7-9-11-13-15-17-19-21-23-25-27-29-31-33-39(45)48-38(35-43)42-41(37(44)36-47-42)49-40(46)34-32-30-28-26-24-22-20-18-16-14-12-10-8-6-4-2/h37-38,41-44H,3-36H2,1-2H3/t37-,38+,41+,42+/m0/s1. The van der Waals surface area contributed by atoms with Crippen LogP contribution in [0, 0.1) is 0 Å². The lowest BCUT2D eigenvalue weighted by Gasteiger charge is -2.27. The van der Waals surface area contributed by atoms with Gasteiger partial charge in [-0.05, 0) is 12.8 Å². The molecule has 1 fully saturated rings. The van der Waals surface area contributed by atoms with Gasteiger partial charge in [0.15, 0.2) is 12.2 Å². The Bertz CT molecular complexity index is 745. The smallest absolute Gasteiger partial charge is 0.306 e. The molecule has 0 aromatic carbocycles. The second-order valence-electron chi connectivity index (χ2n) is 14.9. The molecule has 0 radical (unpaired) electrons. The average Bonchev–Trinajstić information content (AvgIpc) is 3.45.